The fourth-order valence-electron chi connectivity index (χ4n) is 5.55. The van der Waals surface area contributed by atoms with Crippen molar-refractivity contribution < 1.29 is 14.3 Å². The lowest BCUT2D eigenvalue weighted by Gasteiger charge is -2.28. The molecule has 2 saturated heterocycles. The Balaban J connectivity index is 1.44. The molecule has 0 radical (unpaired) electrons. The minimum absolute atomic E-state index is 0.0557. The van der Waals surface area contributed by atoms with Crippen LogP contribution in [0.15, 0.2) is 73.6 Å². The maximum absolute atomic E-state index is 12.9. The highest BCUT2D eigenvalue weighted by Crippen LogP contribution is 2.40. The van der Waals surface area contributed by atoms with Gasteiger partial charge in [0.15, 0.2) is 0 Å². The quantitative estimate of drug-likeness (QED) is 0.285. The molecule has 41 heavy (non-hydrogen) atoms. The van der Waals surface area contributed by atoms with Crippen molar-refractivity contribution in [2.45, 2.75) is 25.3 Å². The normalized spacial score (nSPS) is 17.1. The summed E-state index contributed by atoms with van der Waals surface area (Å²) in [6, 6.07) is 16.8. The molecule has 2 aromatic heterocycles. The topological polar surface area (TPSA) is 115 Å². The van der Waals surface area contributed by atoms with Gasteiger partial charge in [0.2, 0.25) is 11.8 Å². The number of benzene rings is 2. The summed E-state index contributed by atoms with van der Waals surface area (Å²) in [6.45, 7) is 5.43. The van der Waals surface area contributed by atoms with E-state index in [-0.39, 0.29) is 17.7 Å². The van der Waals surface area contributed by atoms with Crippen LogP contribution in [-0.4, -0.2) is 50.9 Å². The minimum atomic E-state index is -0.461. The summed E-state index contributed by atoms with van der Waals surface area (Å²) in [5.74, 6) is 8.62. The number of amides is 2. The van der Waals surface area contributed by atoms with Crippen molar-refractivity contribution in [2.24, 2.45) is 5.92 Å². The van der Waals surface area contributed by atoms with Crippen molar-refractivity contribution in [1.29, 1.82) is 0 Å². The number of nitrogens with two attached hydrogens (primary N) is 1. The van der Waals surface area contributed by atoms with Crippen molar-refractivity contribution in [3.8, 4) is 34.5 Å². The highest BCUT2D eigenvalue weighted by Gasteiger charge is 2.32. The van der Waals surface area contributed by atoms with Gasteiger partial charge in [-0.2, -0.15) is 0 Å². The Bertz CT molecular complexity index is 1680. The molecule has 2 aliphatic rings. The van der Waals surface area contributed by atoms with Gasteiger partial charge in [-0.05, 0) is 61.1 Å². The zero-order valence-corrected chi connectivity index (χ0v) is 22.5. The van der Waals surface area contributed by atoms with E-state index >= 15 is 0 Å². The van der Waals surface area contributed by atoms with E-state index in [1.54, 1.807) is 4.90 Å². The molecule has 4 aromatic rings. The zero-order valence-electron chi connectivity index (χ0n) is 22.5. The third kappa shape index (κ3) is 5.12. The molecule has 4 heterocycles. The van der Waals surface area contributed by atoms with Crippen LogP contribution >= 0.6 is 0 Å². The van der Waals surface area contributed by atoms with Crippen LogP contribution in [0, 0.1) is 17.8 Å². The molecule has 0 aliphatic carbocycles. The number of likely N-dealkylation sites (tertiary alicyclic amines) is 1. The van der Waals surface area contributed by atoms with Crippen LogP contribution in [0.3, 0.4) is 0 Å². The van der Waals surface area contributed by atoms with E-state index in [1.807, 2.05) is 59.2 Å². The van der Waals surface area contributed by atoms with Gasteiger partial charge in [-0.1, -0.05) is 42.8 Å². The van der Waals surface area contributed by atoms with Crippen molar-refractivity contribution in [1.82, 2.24) is 24.8 Å². The highest BCUT2D eigenvalue weighted by atomic mass is 16.5. The van der Waals surface area contributed by atoms with E-state index in [1.165, 1.54) is 12.4 Å². The summed E-state index contributed by atoms with van der Waals surface area (Å²) in [4.78, 5) is 35.6. The number of nitrogen functional groups attached to an aromatic ring is 1. The molecule has 9 heteroatoms. The van der Waals surface area contributed by atoms with Gasteiger partial charge >= 0.3 is 0 Å². The molecule has 3 N–H and O–H groups in total. The number of carbonyl (C=O) groups excluding carboxylic acids is 2. The molecule has 2 amide bonds. The number of piperidine rings is 1. The Labute approximate surface area is 238 Å². The van der Waals surface area contributed by atoms with Crippen LogP contribution in [0.1, 0.15) is 31.0 Å². The first-order chi connectivity index (χ1) is 20.0. The predicted octanol–water partition coefficient (Wildman–Crippen LogP) is 4.31. The van der Waals surface area contributed by atoms with E-state index in [0.29, 0.717) is 54.3 Å². The van der Waals surface area contributed by atoms with Crippen LogP contribution in [0.5, 0.6) is 11.5 Å². The maximum atomic E-state index is 12.9. The molecule has 2 fully saturated rings. The zero-order chi connectivity index (χ0) is 28.3. The first-order valence-corrected chi connectivity index (χ1v) is 13.7. The van der Waals surface area contributed by atoms with E-state index < -0.39 is 6.04 Å². The molecule has 1 atom stereocenters. The van der Waals surface area contributed by atoms with Gasteiger partial charge in [0, 0.05) is 31.1 Å². The number of hydrogen-bond acceptors (Lipinski definition) is 6. The molecule has 0 bridgehead atoms. The summed E-state index contributed by atoms with van der Waals surface area (Å²) in [7, 11) is 0. The monoisotopic (exact) mass is 546 g/mol. The molecule has 1 unspecified atom stereocenters. The first kappa shape index (κ1) is 26.1. The Hall–Kier alpha value is -5.10. The van der Waals surface area contributed by atoms with Crippen LogP contribution in [0.2, 0.25) is 0 Å². The molecule has 2 aliphatic heterocycles. The van der Waals surface area contributed by atoms with E-state index in [9.17, 15) is 9.59 Å². The van der Waals surface area contributed by atoms with Gasteiger partial charge in [0.05, 0.1) is 5.39 Å². The molecular weight excluding hydrogens is 516 g/mol. The summed E-state index contributed by atoms with van der Waals surface area (Å²) < 4.78 is 7.92. The fraction of sp³-hybridized carbons (Fsp3) is 0.250. The van der Waals surface area contributed by atoms with Crippen molar-refractivity contribution in [3.05, 3.63) is 79.3 Å². The number of hydrogen-bond donors (Lipinski definition) is 2. The maximum Gasteiger partial charge on any atom is 0.245 e. The molecule has 206 valence electrons. The van der Waals surface area contributed by atoms with Gasteiger partial charge in [-0.15, -0.1) is 0 Å². The Morgan fingerprint density at radius 3 is 2.46 bits per heavy atom. The number of para-hydroxylation sites is 1. The third-order valence-electron chi connectivity index (χ3n) is 7.64. The Morgan fingerprint density at radius 1 is 1.05 bits per heavy atom. The van der Waals surface area contributed by atoms with Gasteiger partial charge in [-0.25, -0.2) is 9.97 Å². The number of nitrogens with one attached hydrogen (secondary N) is 1. The van der Waals surface area contributed by atoms with Crippen LogP contribution < -0.4 is 15.8 Å². The first-order valence-electron chi connectivity index (χ1n) is 13.7. The standard InChI is InChI=1S/C32H30N6O3/c1-2-27(39)37-18-15-21(16-19-37)8-13-25-28(22-9-11-24(12-10-22)41-23-6-4-3-5-7-23)29-30(33)35-20-36-31(29)38(25)26-14-17-34-32(26)40/h2-7,9-12,20-21,26H,1,14-19H2,(H,34,40)(H2,33,35,36). The van der Waals surface area contributed by atoms with Crippen LogP contribution in [0.4, 0.5) is 5.82 Å². The number of nitrogens with zero attached hydrogens (tertiary/aromatic N) is 4. The number of ether oxygens (including phenoxy) is 1. The lowest BCUT2D eigenvalue weighted by Crippen LogP contribution is -2.37. The summed E-state index contributed by atoms with van der Waals surface area (Å²) in [6.07, 6.45) is 4.92. The SMILES string of the molecule is C=CC(=O)N1CCC(C#Cc2c(-c3ccc(Oc4ccccc4)cc3)c3c(N)ncnc3n2C2CCNC2=O)CC1. The van der Waals surface area contributed by atoms with Gasteiger partial charge in [-0.3, -0.25) is 9.59 Å². The Kier molecular flexibility index (Phi) is 7.13. The second-order valence-corrected chi connectivity index (χ2v) is 10.2. The second-order valence-electron chi connectivity index (χ2n) is 10.2. The van der Waals surface area contributed by atoms with Gasteiger partial charge in [0.25, 0.3) is 0 Å². The third-order valence-corrected chi connectivity index (χ3v) is 7.64. The largest absolute Gasteiger partial charge is 0.457 e. The van der Waals surface area contributed by atoms with Gasteiger partial charge < -0.3 is 25.3 Å². The lowest BCUT2D eigenvalue weighted by molar-refractivity contribution is -0.127. The average molecular weight is 547 g/mol. The summed E-state index contributed by atoms with van der Waals surface area (Å²) >= 11 is 0. The summed E-state index contributed by atoms with van der Waals surface area (Å²) in [5, 5.41) is 3.60. The van der Waals surface area contributed by atoms with Crippen molar-refractivity contribution >= 4 is 28.7 Å². The lowest BCUT2D eigenvalue weighted by atomic mass is 9.96. The van der Waals surface area contributed by atoms with Crippen LogP contribution in [0.25, 0.3) is 22.2 Å². The number of carbonyl (C=O) groups is 2. The number of fused-ring (bicyclic) bond motifs is 1. The average Bonchev–Trinajstić information content (AvgIpc) is 3.57. The minimum Gasteiger partial charge on any atom is -0.457 e. The molecule has 0 spiro atoms. The smallest absolute Gasteiger partial charge is 0.245 e. The number of rotatable bonds is 5. The van der Waals surface area contributed by atoms with Gasteiger partial charge in [0.1, 0.15) is 41.0 Å². The van der Waals surface area contributed by atoms with Crippen molar-refractivity contribution in [3.63, 3.8) is 0 Å². The number of aromatic nitrogens is 3. The molecule has 0 saturated carbocycles. The van der Waals surface area contributed by atoms with Crippen molar-refractivity contribution in [2.75, 3.05) is 25.4 Å². The highest BCUT2D eigenvalue weighted by molar-refractivity contribution is 6.04. The van der Waals surface area contributed by atoms with Crippen LogP contribution in [-0.2, 0) is 9.59 Å². The number of anilines is 1. The fourth-order valence-corrected chi connectivity index (χ4v) is 5.55. The molecule has 9 nitrogen and oxygen atoms in total. The molecule has 2 aromatic carbocycles. The van der Waals surface area contributed by atoms with E-state index in [2.05, 4.69) is 33.7 Å². The second kappa shape index (κ2) is 11.2. The summed E-state index contributed by atoms with van der Waals surface area (Å²) in [5.41, 5.74) is 9.36. The molecular formula is C32H30N6O3. The molecule has 6 rings (SSSR count). The Morgan fingerprint density at radius 2 is 1.78 bits per heavy atom. The van der Waals surface area contributed by atoms with E-state index in [4.69, 9.17) is 10.5 Å². The van der Waals surface area contributed by atoms with E-state index in [0.717, 1.165) is 29.7 Å². The predicted molar refractivity (Wildman–Crippen MR) is 157 cm³/mol.